The number of nitrogens with one attached hydrogen (secondary N) is 4. The van der Waals surface area contributed by atoms with Crippen molar-refractivity contribution >= 4 is 47.0 Å². The summed E-state index contributed by atoms with van der Waals surface area (Å²) in [5, 5.41) is 8.12. The fourth-order valence-electron chi connectivity index (χ4n) is 12.3. The molecule has 1 aliphatic carbocycles. The van der Waals surface area contributed by atoms with E-state index in [0.717, 1.165) is 89.5 Å². The van der Waals surface area contributed by atoms with Crippen LogP contribution in [0.15, 0.2) is 47.3 Å². The molecule has 4 aliphatic heterocycles. The van der Waals surface area contributed by atoms with Crippen molar-refractivity contribution in [2.24, 2.45) is 11.8 Å². The summed E-state index contributed by atoms with van der Waals surface area (Å²) in [5.74, 6) is -3.28. The number of ether oxygens (including phenoxy) is 7. The first-order chi connectivity index (χ1) is 42.2. The van der Waals surface area contributed by atoms with Gasteiger partial charge in [-0.1, -0.05) is 30.7 Å². The van der Waals surface area contributed by atoms with Gasteiger partial charge in [-0.2, -0.15) is 0 Å². The Morgan fingerprint density at radius 1 is 0.713 bits per heavy atom. The number of amides is 7. The standard InChI is InChI=1S/C64H90N8O15/c1-5-71(49-16-26-81-27-17-49)54-40-48(39-51(45(54)4)60(76)66-41-52-43(2)38-44(3)67-61(52)77)47-12-10-46(11-13-47)42-69-21-23-70(24-22-69)58(75)19-29-83-31-33-85-35-37-86-36-34-84-32-30-82-28-18-56(73)65-20-7-25-87-55-9-6-8-50-59(55)64(80)72(63(50)79)53-14-15-57(74)68-62(53)78/h10-13,38-40,49-50,53,55,59H,5-9,14-37,41-42H2,1-4H3,(H,65,73)(H,66,76)(H,67,77)(H,68,74,78). The van der Waals surface area contributed by atoms with Crippen LogP contribution in [0.1, 0.15) is 109 Å². The van der Waals surface area contributed by atoms with Gasteiger partial charge in [0.1, 0.15) is 6.04 Å². The van der Waals surface area contributed by atoms with E-state index in [2.05, 4.69) is 68.0 Å². The van der Waals surface area contributed by atoms with Crippen molar-refractivity contribution in [1.29, 1.82) is 0 Å². The molecule has 8 rings (SSSR count). The predicted molar refractivity (Wildman–Crippen MR) is 323 cm³/mol. The third-order valence-corrected chi connectivity index (χ3v) is 17.1. The van der Waals surface area contributed by atoms with Gasteiger partial charge in [0, 0.05) is 114 Å². The van der Waals surface area contributed by atoms with Crippen molar-refractivity contribution in [1.82, 2.24) is 35.6 Å². The van der Waals surface area contributed by atoms with Gasteiger partial charge < -0.3 is 58.6 Å². The molecule has 5 fully saturated rings. The number of aromatic amines is 1. The molecule has 4 N–H and O–H groups in total. The smallest absolute Gasteiger partial charge is 0.253 e. The van der Waals surface area contributed by atoms with Crippen LogP contribution in [0.2, 0.25) is 0 Å². The third-order valence-electron chi connectivity index (χ3n) is 17.1. The van der Waals surface area contributed by atoms with E-state index in [-0.39, 0.29) is 61.6 Å². The molecule has 4 atom stereocenters. The maximum atomic E-state index is 14.0. The van der Waals surface area contributed by atoms with Crippen LogP contribution in [0, 0.1) is 32.6 Å². The van der Waals surface area contributed by atoms with E-state index in [1.807, 2.05) is 37.8 Å². The number of carbonyl (C=O) groups is 7. The Balaban J connectivity index is 0.620. The molecule has 1 aromatic heterocycles. The van der Waals surface area contributed by atoms with Crippen molar-refractivity contribution in [3.63, 3.8) is 0 Å². The first-order valence-electron chi connectivity index (χ1n) is 31.2. The minimum Gasteiger partial charge on any atom is -0.381 e. The number of carbonyl (C=O) groups excluding carboxylic acids is 7. The highest BCUT2D eigenvalue weighted by atomic mass is 16.6. The number of aryl methyl sites for hydroxylation is 2. The van der Waals surface area contributed by atoms with Gasteiger partial charge in [-0.15, -0.1) is 0 Å². The fourth-order valence-corrected chi connectivity index (χ4v) is 12.3. The largest absolute Gasteiger partial charge is 0.381 e. The van der Waals surface area contributed by atoms with Crippen molar-refractivity contribution < 1.29 is 66.7 Å². The second-order valence-corrected chi connectivity index (χ2v) is 23.0. The molecule has 476 valence electrons. The zero-order valence-electron chi connectivity index (χ0n) is 51.3. The lowest BCUT2D eigenvalue weighted by Crippen LogP contribution is -2.54. The number of aromatic nitrogens is 1. The predicted octanol–water partition coefficient (Wildman–Crippen LogP) is 3.89. The molecular weight excluding hydrogens is 1120 g/mol. The van der Waals surface area contributed by atoms with E-state index in [9.17, 15) is 38.4 Å². The number of imide groups is 2. The topological polar surface area (TPSA) is 266 Å². The highest BCUT2D eigenvalue weighted by Crippen LogP contribution is 2.41. The molecule has 23 heteroatoms. The van der Waals surface area contributed by atoms with Crippen LogP contribution >= 0.6 is 0 Å². The Bertz CT molecular complexity index is 2870. The summed E-state index contributed by atoms with van der Waals surface area (Å²) in [4.78, 5) is 113. The van der Waals surface area contributed by atoms with Crippen molar-refractivity contribution in [3.8, 4) is 11.1 Å². The lowest BCUT2D eigenvalue weighted by molar-refractivity contribution is -0.152. The van der Waals surface area contributed by atoms with E-state index in [0.29, 0.717) is 142 Å². The molecule has 1 saturated carbocycles. The van der Waals surface area contributed by atoms with Gasteiger partial charge in [-0.05, 0) is 112 Å². The molecule has 3 aromatic rings. The van der Waals surface area contributed by atoms with Crippen LogP contribution in [-0.4, -0.2) is 204 Å². The van der Waals surface area contributed by atoms with Gasteiger partial charge in [0.15, 0.2) is 0 Å². The molecule has 4 unspecified atom stereocenters. The molecule has 2 aromatic carbocycles. The van der Waals surface area contributed by atoms with Crippen LogP contribution in [0.25, 0.3) is 11.1 Å². The van der Waals surface area contributed by atoms with E-state index < -0.39 is 41.7 Å². The van der Waals surface area contributed by atoms with Gasteiger partial charge in [0.2, 0.25) is 35.4 Å². The molecule has 0 spiro atoms. The summed E-state index contributed by atoms with van der Waals surface area (Å²) in [6.07, 6.45) is 4.51. The van der Waals surface area contributed by atoms with Crippen LogP contribution < -0.4 is 26.4 Å². The number of likely N-dealkylation sites (tertiary alicyclic amines) is 1. The minimum absolute atomic E-state index is 0.0775. The van der Waals surface area contributed by atoms with Crippen LogP contribution in [0.3, 0.4) is 0 Å². The molecule has 23 nitrogen and oxygen atoms in total. The van der Waals surface area contributed by atoms with Gasteiger partial charge in [-0.25, -0.2) is 0 Å². The SMILES string of the molecule is CCN(c1cc(-c2ccc(CN3CCN(C(=O)CCOCCOCCOCCOCCOCCC(=O)NCCCOC4CCCC5C(=O)N(C6CCC(=O)NC6=O)C(=O)C45)CC3)cc2)cc(C(=O)NCc2c(C)cc(C)[nH]c2=O)c1C)C1CCOCC1. The van der Waals surface area contributed by atoms with E-state index in [4.69, 9.17) is 33.2 Å². The molecule has 0 radical (unpaired) electrons. The Labute approximate surface area is 510 Å². The minimum atomic E-state index is -0.966. The molecular formula is C64H90N8O15. The Hall–Kier alpha value is -6.44. The van der Waals surface area contributed by atoms with Gasteiger partial charge in [0.25, 0.3) is 11.5 Å². The molecule has 4 saturated heterocycles. The highest BCUT2D eigenvalue weighted by Gasteiger charge is 2.56. The maximum absolute atomic E-state index is 14.0. The number of benzene rings is 2. The number of piperazine rings is 1. The summed E-state index contributed by atoms with van der Waals surface area (Å²) in [6.45, 7) is 18.1. The zero-order chi connectivity index (χ0) is 61.7. The van der Waals surface area contributed by atoms with E-state index in [1.165, 1.54) is 0 Å². The highest BCUT2D eigenvalue weighted by molar-refractivity contribution is 6.11. The Morgan fingerprint density at radius 2 is 1.37 bits per heavy atom. The summed E-state index contributed by atoms with van der Waals surface area (Å²) in [7, 11) is 0. The molecule has 5 heterocycles. The summed E-state index contributed by atoms with van der Waals surface area (Å²) >= 11 is 0. The van der Waals surface area contributed by atoms with E-state index >= 15 is 0 Å². The number of piperidine rings is 1. The van der Waals surface area contributed by atoms with Gasteiger partial charge in [-0.3, -0.25) is 53.5 Å². The summed E-state index contributed by atoms with van der Waals surface area (Å²) < 4.78 is 39.7. The summed E-state index contributed by atoms with van der Waals surface area (Å²) in [6, 6.07) is 13.9. The summed E-state index contributed by atoms with van der Waals surface area (Å²) in [5.41, 5.74) is 7.59. The van der Waals surface area contributed by atoms with Crippen molar-refractivity contribution in [2.45, 2.75) is 123 Å². The number of pyridine rings is 1. The van der Waals surface area contributed by atoms with E-state index in [1.54, 1.807) is 0 Å². The number of rotatable bonds is 33. The quantitative estimate of drug-likeness (QED) is 0.0498. The number of anilines is 1. The molecule has 7 amide bonds. The number of fused-ring (bicyclic) bond motifs is 1. The van der Waals surface area contributed by atoms with Gasteiger partial charge >= 0.3 is 0 Å². The number of nitrogens with zero attached hydrogens (tertiary/aromatic N) is 4. The first kappa shape index (κ1) is 66.5. The van der Waals surface area contributed by atoms with Crippen molar-refractivity contribution in [2.75, 3.05) is 130 Å². The Morgan fingerprint density at radius 3 is 2.01 bits per heavy atom. The second kappa shape index (κ2) is 33.8. The molecule has 87 heavy (non-hydrogen) atoms. The van der Waals surface area contributed by atoms with Crippen LogP contribution in [0.5, 0.6) is 0 Å². The lowest BCUT2D eigenvalue weighted by Gasteiger charge is -2.37. The van der Waals surface area contributed by atoms with Crippen molar-refractivity contribution in [3.05, 3.63) is 86.3 Å². The number of hydrogen-bond acceptors (Lipinski definition) is 17. The third kappa shape index (κ3) is 18.8. The average molecular weight is 1210 g/mol. The first-order valence-corrected chi connectivity index (χ1v) is 31.2. The van der Waals surface area contributed by atoms with Crippen LogP contribution in [0.4, 0.5) is 5.69 Å². The Kier molecular flexibility index (Phi) is 25.8. The average Bonchev–Trinajstić information content (AvgIpc) is 2.22. The number of H-pyrrole nitrogens is 1. The fraction of sp³-hybridized carbons (Fsp3) is 0.625. The normalized spacial score (nSPS) is 20.2. The second-order valence-electron chi connectivity index (χ2n) is 23.0. The van der Waals surface area contributed by atoms with Crippen LogP contribution in [-0.2, 0) is 75.0 Å². The molecule has 0 bridgehead atoms. The zero-order valence-corrected chi connectivity index (χ0v) is 51.3. The van der Waals surface area contributed by atoms with Gasteiger partial charge in [0.05, 0.1) is 90.4 Å². The lowest BCUT2D eigenvalue weighted by atomic mass is 9.79. The molecule has 5 aliphatic rings. The monoisotopic (exact) mass is 1210 g/mol. The number of hydrogen-bond donors (Lipinski definition) is 4. The maximum Gasteiger partial charge on any atom is 0.253 e.